The summed E-state index contributed by atoms with van der Waals surface area (Å²) in [6, 6.07) is 11.5. The topological polar surface area (TPSA) is 63.7 Å². The first-order chi connectivity index (χ1) is 13.1. The summed E-state index contributed by atoms with van der Waals surface area (Å²) in [7, 11) is 1.62. The Morgan fingerprint density at radius 3 is 3.07 bits per heavy atom. The van der Waals surface area contributed by atoms with Crippen LogP contribution in [-0.4, -0.2) is 36.2 Å². The third-order valence-corrected chi connectivity index (χ3v) is 5.45. The number of anilines is 1. The maximum atomic E-state index is 12.9. The number of fused-ring (bicyclic) bond motifs is 2. The van der Waals surface area contributed by atoms with E-state index in [0.29, 0.717) is 25.4 Å². The van der Waals surface area contributed by atoms with Crippen LogP contribution in [0, 0.1) is 6.92 Å². The van der Waals surface area contributed by atoms with Crippen LogP contribution in [-0.2, 0) is 6.54 Å². The van der Waals surface area contributed by atoms with Crippen LogP contribution in [0.4, 0.5) is 10.5 Å². The first kappa shape index (κ1) is 17.6. The lowest BCUT2D eigenvalue weighted by atomic mass is 10.1. The van der Waals surface area contributed by atoms with E-state index in [-0.39, 0.29) is 6.03 Å². The van der Waals surface area contributed by atoms with Gasteiger partial charge < -0.3 is 19.7 Å². The molecule has 140 valence electrons. The second kappa shape index (κ2) is 7.44. The molecule has 27 heavy (non-hydrogen) atoms. The summed E-state index contributed by atoms with van der Waals surface area (Å²) in [6.07, 6.45) is 0.759. The van der Waals surface area contributed by atoms with E-state index in [2.05, 4.69) is 10.3 Å². The van der Waals surface area contributed by atoms with Crippen molar-refractivity contribution in [2.45, 2.75) is 19.9 Å². The molecule has 3 aromatic rings. The van der Waals surface area contributed by atoms with Crippen LogP contribution >= 0.6 is 11.3 Å². The molecule has 0 spiro atoms. The van der Waals surface area contributed by atoms with Crippen molar-refractivity contribution in [1.29, 1.82) is 0 Å². The van der Waals surface area contributed by atoms with Crippen LogP contribution in [0.5, 0.6) is 11.5 Å². The number of nitrogens with zero attached hydrogens (tertiary/aromatic N) is 2. The normalized spacial score (nSPS) is 14.1. The molecule has 0 atom stereocenters. The van der Waals surface area contributed by atoms with Crippen molar-refractivity contribution >= 4 is 33.3 Å². The molecule has 2 heterocycles. The number of hydrogen-bond donors (Lipinski definition) is 1. The predicted octanol–water partition coefficient (Wildman–Crippen LogP) is 4.43. The van der Waals surface area contributed by atoms with Gasteiger partial charge in [-0.25, -0.2) is 9.78 Å². The summed E-state index contributed by atoms with van der Waals surface area (Å²) in [5, 5.41) is 4.02. The lowest BCUT2D eigenvalue weighted by Gasteiger charge is -2.27. The highest BCUT2D eigenvalue weighted by atomic mass is 32.1. The maximum absolute atomic E-state index is 12.9. The van der Waals surface area contributed by atoms with Gasteiger partial charge in [0, 0.05) is 17.8 Å². The van der Waals surface area contributed by atoms with E-state index in [1.807, 2.05) is 43.3 Å². The Morgan fingerprint density at radius 1 is 1.33 bits per heavy atom. The lowest BCUT2D eigenvalue weighted by Crippen LogP contribution is -2.37. The number of rotatable bonds is 2. The number of urea groups is 1. The smallest absolute Gasteiger partial charge is 0.322 e. The molecule has 2 amide bonds. The number of carbonyl (C=O) groups is 1. The van der Waals surface area contributed by atoms with Crippen LogP contribution in [0.15, 0.2) is 36.4 Å². The highest BCUT2D eigenvalue weighted by Crippen LogP contribution is 2.33. The zero-order chi connectivity index (χ0) is 18.8. The quantitative estimate of drug-likeness (QED) is 0.711. The highest BCUT2D eigenvalue weighted by molar-refractivity contribution is 7.18. The van der Waals surface area contributed by atoms with E-state index in [4.69, 9.17) is 9.47 Å². The number of benzene rings is 2. The van der Waals surface area contributed by atoms with E-state index in [0.717, 1.165) is 38.6 Å². The number of methoxy groups -OCH3 is 1. The molecule has 1 N–H and O–H groups in total. The summed E-state index contributed by atoms with van der Waals surface area (Å²) in [6.45, 7) is 3.62. The minimum Gasteiger partial charge on any atom is -0.493 e. The molecule has 1 aliphatic rings. The van der Waals surface area contributed by atoms with Gasteiger partial charge in [0.05, 0.1) is 35.5 Å². The molecule has 1 aromatic heterocycles. The first-order valence-corrected chi connectivity index (χ1v) is 9.67. The van der Waals surface area contributed by atoms with Crippen molar-refractivity contribution in [3.05, 3.63) is 47.0 Å². The zero-order valence-corrected chi connectivity index (χ0v) is 16.1. The minimum absolute atomic E-state index is 0.128. The van der Waals surface area contributed by atoms with Crippen LogP contribution in [0.1, 0.15) is 17.0 Å². The van der Waals surface area contributed by atoms with E-state index in [1.165, 1.54) is 0 Å². The molecule has 6 nitrogen and oxygen atoms in total. The van der Waals surface area contributed by atoms with Crippen molar-refractivity contribution in [3.8, 4) is 11.5 Å². The lowest BCUT2D eigenvalue weighted by molar-refractivity contribution is 0.191. The van der Waals surface area contributed by atoms with Gasteiger partial charge in [-0.2, -0.15) is 0 Å². The van der Waals surface area contributed by atoms with Gasteiger partial charge in [0.15, 0.2) is 11.5 Å². The average molecular weight is 383 g/mol. The Hall–Kier alpha value is -2.80. The monoisotopic (exact) mass is 383 g/mol. The van der Waals surface area contributed by atoms with Crippen molar-refractivity contribution in [1.82, 2.24) is 9.88 Å². The number of para-hydroxylation sites is 1. The Kier molecular flexibility index (Phi) is 4.85. The molecule has 0 saturated carbocycles. The molecular weight excluding hydrogens is 362 g/mol. The molecule has 1 aliphatic heterocycles. The van der Waals surface area contributed by atoms with Crippen LogP contribution in [0.25, 0.3) is 10.2 Å². The van der Waals surface area contributed by atoms with Crippen molar-refractivity contribution in [3.63, 3.8) is 0 Å². The molecule has 0 fully saturated rings. The fourth-order valence-electron chi connectivity index (χ4n) is 3.22. The number of ether oxygens (including phenoxy) is 2. The van der Waals surface area contributed by atoms with Gasteiger partial charge >= 0.3 is 6.03 Å². The second-order valence-corrected chi connectivity index (χ2v) is 7.65. The SMILES string of the molecule is COc1cccc2c1OCCCN(C(=O)Nc1ccc3sc(C)nc3c1)C2. The van der Waals surface area contributed by atoms with E-state index in [1.54, 1.807) is 23.3 Å². The standard InChI is InChI=1S/C20H21N3O3S/c1-13-21-16-11-15(7-8-18(16)27-13)22-20(24)23-9-4-10-26-19-14(12-23)5-3-6-17(19)25-2/h3,5-8,11H,4,9-10,12H2,1-2H3,(H,22,24). The molecular formula is C20H21N3O3S. The highest BCUT2D eigenvalue weighted by Gasteiger charge is 2.21. The Labute approximate surface area is 161 Å². The Balaban J connectivity index is 1.54. The van der Waals surface area contributed by atoms with Crippen LogP contribution in [0.3, 0.4) is 0 Å². The number of aryl methyl sites for hydroxylation is 1. The van der Waals surface area contributed by atoms with Gasteiger partial charge in [-0.15, -0.1) is 11.3 Å². The minimum atomic E-state index is -0.128. The van der Waals surface area contributed by atoms with E-state index >= 15 is 0 Å². The summed E-state index contributed by atoms with van der Waals surface area (Å²) in [5.74, 6) is 1.41. The molecule has 2 aromatic carbocycles. The molecule has 4 rings (SSSR count). The number of carbonyl (C=O) groups excluding carboxylic acids is 1. The summed E-state index contributed by atoms with van der Waals surface area (Å²) in [4.78, 5) is 19.2. The molecule has 7 heteroatoms. The molecule has 0 bridgehead atoms. The zero-order valence-electron chi connectivity index (χ0n) is 15.3. The molecule has 0 saturated heterocycles. The van der Waals surface area contributed by atoms with Gasteiger partial charge in [-0.05, 0) is 37.6 Å². The second-order valence-electron chi connectivity index (χ2n) is 6.42. The molecule has 0 radical (unpaired) electrons. The molecule has 0 aliphatic carbocycles. The Bertz CT molecular complexity index is 986. The summed E-state index contributed by atoms with van der Waals surface area (Å²) < 4.78 is 12.4. The van der Waals surface area contributed by atoms with Crippen LogP contribution < -0.4 is 14.8 Å². The maximum Gasteiger partial charge on any atom is 0.322 e. The van der Waals surface area contributed by atoms with Crippen molar-refractivity contribution in [2.24, 2.45) is 0 Å². The molecule has 0 unspecified atom stereocenters. The summed E-state index contributed by atoms with van der Waals surface area (Å²) >= 11 is 1.65. The van der Waals surface area contributed by atoms with Crippen molar-refractivity contribution < 1.29 is 14.3 Å². The number of nitrogens with one attached hydrogen (secondary N) is 1. The van der Waals surface area contributed by atoms with Gasteiger partial charge in [0.2, 0.25) is 0 Å². The van der Waals surface area contributed by atoms with Crippen LogP contribution in [0.2, 0.25) is 0 Å². The van der Waals surface area contributed by atoms with Gasteiger partial charge in [-0.3, -0.25) is 0 Å². The number of aromatic nitrogens is 1. The van der Waals surface area contributed by atoms with Gasteiger partial charge in [-0.1, -0.05) is 12.1 Å². The van der Waals surface area contributed by atoms with E-state index < -0.39 is 0 Å². The van der Waals surface area contributed by atoms with E-state index in [9.17, 15) is 4.79 Å². The third-order valence-electron chi connectivity index (χ3n) is 4.49. The van der Waals surface area contributed by atoms with Gasteiger partial charge in [0.1, 0.15) is 0 Å². The predicted molar refractivity (Wildman–Crippen MR) is 107 cm³/mol. The first-order valence-electron chi connectivity index (χ1n) is 8.86. The number of amides is 2. The Morgan fingerprint density at radius 2 is 2.22 bits per heavy atom. The third kappa shape index (κ3) is 3.68. The number of hydrogen-bond acceptors (Lipinski definition) is 5. The fraction of sp³-hybridized carbons (Fsp3) is 0.300. The number of thiazole rings is 1. The summed E-state index contributed by atoms with van der Waals surface area (Å²) in [5.41, 5.74) is 2.60. The fourth-order valence-corrected chi connectivity index (χ4v) is 4.03. The average Bonchev–Trinajstić information content (AvgIpc) is 3.01. The van der Waals surface area contributed by atoms with Gasteiger partial charge in [0.25, 0.3) is 0 Å². The van der Waals surface area contributed by atoms with Crippen molar-refractivity contribution in [2.75, 3.05) is 25.6 Å². The largest absolute Gasteiger partial charge is 0.493 e.